The largest absolute Gasteiger partial charge is 0.326 e. The van der Waals surface area contributed by atoms with E-state index in [-0.39, 0.29) is 6.17 Å². The van der Waals surface area contributed by atoms with E-state index in [0.29, 0.717) is 0 Å². The van der Waals surface area contributed by atoms with Gasteiger partial charge in [0.2, 0.25) is 0 Å². The highest BCUT2D eigenvalue weighted by molar-refractivity contribution is 5.66. The second-order valence-corrected chi connectivity index (χ2v) is 5.32. The van der Waals surface area contributed by atoms with E-state index in [2.05, 4.69) is 91.5 Å². The first-order valence-corrected chi connectivity index (χ1v) is 7.05. The van der Waals surface area contributed by atoms with Gasteiger partial charge in [-0.05, 0) is 44.0 Å². The van der Waals surface area contributed by atoms with Crippen molar-refractivity contribution in [3.63, 3.8) is 0 Å². The van der Waals surface area contributed by atoms with E-state index in [1.54, 1.807) is 0 Å². The number of para-hydroxylation sites is 2. The Bertz CT molecular complexity index is 611. The average Bonchev–Trinajstić information content (AvgIpc) is 2.82. The minimum absolute atomic E-state index is 0.289. The van der Waals surface area contributed by atoms with Crippen LogP contribution in [0.3, 0.4) is 0 Å². The molecule has 20 heavy (non-hydrogen) atoms. The lowest BCUT2D eigenvalue weighted by Crippen LogP contribution is -2.36. The monoisotopic (exact) mass is 264 g/mol. The zero-order valence-corrected chi connectivity index (χ0v) is 12.2. The molecule has 3 rings (SSSR count). The summed E-state index contributed by atoms with van der Waals surface area (Å²) in [5.74, 6) is 0. The van der Waals surface area contributed by atoms with E-state index in [0.717, 1.165) is 0 Å². The fraction of sp³-hybridized carbons (Fsp3) is 0.222. The number of rotatable bonds is 2. The molecule has 2 heteroatoms. The minimum atomic E-state index is 0.289. The highest BCUT2D eigenvalue weighted by Gasteiger charge is 2.25. The third kappa shape index (κ3) is 2.07. The van der Waals surface area contributed by atoms with Crippen molar-refractivity contribution in [2.75, 3.05) is 9.80 Å². The first kappa shape index (κ1) is 12.8. The van der Waals surface area contributed by atoms with Gasteiger partial charge in [-0.25, -0.2) is 0 Å². The van der Waals surface area contributed by atoms with Crippen LogP contribution in [-0.4, -0.2) is 6.17 Å². The number of aryl methyl sites for hydroxylation is 2. The lowest BCUT2D eigenvalue weighted by Gasteiger charge is -2.31. The van der Waals surface area contributed by atoms with Gasteiger partial charge in [0.25, 0.3) is 0 Å². The topological polar surface area (TPSA) is 6.48 Å². The van der Waals surface area contributed by atoms with Crippen LogP contribution in [0.1, 0.15) is 18.1 Å². The Morgan fingerprint density at radius 3 is 2.00 bits per heavy atom. The standard InChI is InChI=1S/C18H20N2/c1-14-8-7-9-15(2)18(14)20-13-12-19(16(20)3)17-10-5-4-6-11-17/h4-13,16H,1-3H3/t16-/m0/s1. The van der Waals surface area contributed by atoms with Gasteiger partial charge in [0.05, 0.1) is 0 Å². The fourth-order valence-electron chi connectivity index (χ4n) is 2.90. The average molecular weight is 264 g/mol. The molecule has 1 aliphatic heterocycles. The molecule has 0 N–H and O–H groups in total. The van der Waals surface area contributed by atoms with Crippen molar-refractivity contribution < 1.29 is 0 Å². The Kier molecular flexibility index (Phi) is 3.23. The maximum Gasteiger partial charge on any atom is 0.107 e. The summed E-state index contributed by atoms with van der Waals surface area (Å²) >= 11 is 0. The predicted molar refractivity (Wildman–Crippen MR) is 85.9 cm³/mol. The van der Waals surface area contributed by atoms with Crippen molar-refractivity contribution in [1.82, 2.24) is 0 Å². The van der Waals surface area contributed by atoms with Gasteiger partial charge in [-0.1, -0.05) is 36.4 Å². The smallest absolute Gasteiger partial charge is 0.107 e. The van der Waals surface area contributed by atoms with E-state index >= 15 is 0 Å². The maximum absolute atomic E-state index is 2.34. The summed E-state index contributed by atoms with van der Waals surface area (Å²) < 4.78 is 0. The SMILES string of the molecule is Cc1cccc(C)c1N1C=CN(c2ccccc2)[C@@H]1C. The van der Waals surface area contributed by atoms with Crippen LogP contribution in [0.5, 0.6) is 0 Å². The quantitative estimate of drug-likeness (QED) is 0.790. The maximum atomic E-state index is 2.34. The summed E-state index contributed by atoms with van der Waals surface area (Å²) in [6, 6.07) is 17.0. The first-order chi connectivity index (χ1) is 9.68. The van der Waals surface area contributed by atoms with Crippen LogP contribution in [0.25, 0.3) is 0 Å². The Balaban J connectivity index is 1.94. The van der Waals surface area contributed by atoms with Crippen molar-refractivity contribution in [1.29, 1.82) is 0 Å². The van der Waals surface area contributed by atoms with Crippen molar-refractivity contribution in [2.24, 2.45) is 0 Å². The van der Waals surface area contributed by atoms with Gasteiger partial charge in [-0.15, -0.1) is 0 Å². The second kappa shape index (κ2) is 5.04. The van der Waals surface area contributed by atoms with Crippen LogP contribution < -0.4 is 9.80 Å². The molecule has 0 aromatic heterocycles. The highest BCUT2D eigenvalue weighted by Crippen LogP contribution is 2.32. The van der Waals surface area contributed by atoms with Gasteiger partial charge in [0, 0.05) is 23.8 Å². The molecular weight excluding hydrogens is 244 g/mol. The van der Waals surface area contributed by atoms with Gasteiger partial charge in [-0.2, -0.15) is 0 Å². The molecule has 2 nitrogen and oxygen atoms in total. The van der Waals surface area contributed by atoms with E-state index in [9.17, 15) is 0 Å². The first-order valence-electron chi connectivity index (χ1n) is 7.05. The zero-order chi connectivity index (χ0) is 14.1. The third-order valence-electron chi connectivity index (χ3n) is 3.95. The fourth-order valence-corrected chi connectivity index (χ4v) is 2.90. The number of nitrogens with zero attached hydrogens (tertiary/aromatic N) is 2. The summed E-state index contributed by atoms with van der Waals surface area (Å²) in [6.07, 6.45) is 4.62. The molecule has 1 heterocycles. The molecule has 0 unspecified atom stereocenters. The number of anilines is 2. The summed E-state index contributed by atoms with van der Waals surface area (Å²) in [4.78, 5) is 4.64. The lowest BCUT2D eigenvalue weighted by atomic mass is 10.1. The molecule has 0 radical (unpaired) electrons. The summed E-state index contributed by atoms with van der Waals surface area (Å²) in [6.45, 7) is 6.58. The Morgan fingerprint density at radius 2 is 1.35 bits per heavy atom. The molecule has 0 bridgehead atoms. The Hall–Kier alpha value is -2.22. The van der Waals surface area contributed by atoms with E-state index < -0.39 is 0 Å². The molecule has 2 aromatic rings. The normalized spacial score (nSPS) is 17.9. The summed E-state index contributed by atoms with van der Waals surface area (Å²) in [7, 11) is 0. The summed E-state index contributed by atoms with van der Waals surface area (Å²) in [5, 5.41) is 0. The molecular formula is C18H20N2. The van der Waals surface area contributed by atoms with Crippen LogP contribution in [-0.2, 0) is 0 Å². The second-order valence-electron chi connectivity index (χ2n) is 5.32. The minimum Gasteiger partial charge on any atom is -0.326 e. The lowest BCUT2D eigenvalue weighted by molar-refractivity contribution is 0.746. The Labute approximate surface area is 121 Å². The van der Waals surface area contributed by atoms with E-state index in [4.69, 9.17) is 0 Å². The number of hydrogen-bond acceptors (Lipinski definition) is 2. The van der Waals surface area contributed by atoms with Crippen LogP contribution in [0.4, 0.5) is 11.4 Å². The van der Waals surface area contributed by atoms with Crippen molar-refractivity contribution in [2.45, 2.75) is 26.9 Å². The molecule has 0 saturated heterocycles. The van der Waals surface area contributed by atoms with Crippen molar-refractivity contribution in [3.05, 3.63) is 72.1 Å². The highest BCUT2D eigenvalue weighted by atomic mass is 15.4. The van der Waals surface area contributed by atoms with E-state index in [1.165, 1.54) is 22.5 Å². The molecule has 0 saturated carbocycles. The molecule has 102 valence electrons. The molecule has 0 amide bonds. The van der Waals surface area contributed by atoms with Crippen LogP contribution >= 0.6 is 0 Å². The van der Waals surface area contributed by atoms with Gasteiger partial charge < -0.3 is 9.80 Å². The van der Waals surface area contributed by atoms with Crippen molar-refractivity contribution in [3.8, 4) is 0 Å². The van der Waals surface area contributed by atoms with Gasteiger partial charge in [0.15, 0.2) is 0 Å². The van der Waals surface area contributed by atoms with Crippen LogP contribution in [0.15, 0.2) is 60.9 Å². The molecule has 0 aliphatic carbocycles. The summed E-state index contributed by atoms with van der Waals surface area (Å²) in [5.41, 5.74) is 5.17. The van der Waals surface area contributed by atoms with E-state index in [1.807, 2.05) is 0 Å². The third-order valence-corrected chi connectivity index (χ3v) is 3.95. The number of hydrogen-bond donors (Lipinski definition) is 0. The predicted octanol–water partition coefficient (Wildman–Crippen LogP) is 4.45. The molecule has 0 spiro atoms. The van der Waals surface area contributed by atoms with Gasteiger partial charge >= 0.3 is 0 Å². The molecule has 0 fully saturated rings. The molecule has 1 aliphatic rings. The van der Waals surface area contributed by atoms with Crippen LogP contribution in [0, 0.1) is 13.8 Å². The Morgan fingerprint density at radius 1 is 0.750 bits per heavy atom. The zero-order valence-electron chi connectivity index (χ0n) is 12.2. The van der Waals surface area contributed by atoms with Crippen LogP contribution in [0.2, 0.25) is 0 Å². The molecule has 2 aromatic carbocycles. The van der Waals surface area contributed by atoms with Gasteiger partial charge in [0.1, 0.15) is 6.17 Å². The molecule has 1 atom stereocenters. The number of benzene rings is 2. The van der Waals surface area contributed by atoms with Crippen molar-refractivity contribution >= 4 is 11.4 Å². The van der Waals surface area contributed by atoms with Gasteiger partial charge in [-0.3, -0.25) is 0 Å².